The molecule has 82 valence electrons. The van der Waals surface area contributed by atoms with Crippen LogP contribution in [0.15, 0.2) is 23.1 Å². The average Bonchev–Trinajstić information content (AvgIpc) is 2.90. The Bertz CT molecular complexity index is 480. The minimum atomic E-state index is -3.16. The predicted octanol–water partition coefficient (Wildman–Crippen LogP) is 2.32. The lowest BCUT2D eigenvalue weighted by Crippen LogP contribution is -2.04. The third-order valence-electron chi connectivity index (χ3n) is 2.30. The van der Waals surface area contributed by atoms with E-state index in [2.05, 4.69) is 5.32 Å². The molecule has 1 saturated carbocycles. The van der Waals surface area contributed by atoms with Crippen LogP contribution < -0.4 is 5.32 Å². The van der Waals surface area contributed by atoms with Crippen molar-refractivity contribution in [3.05, 3.63) is 23.2 Å². The zero-order chi connectivity index (χ0) is 11.1. The molecule has 5 heteroatoms. The molecule has 0 atom stereocenters. The quantitative estimate of drug-likeness (QED) is 0.889. The number of benzene rings is 1. The van der Waals surface area contributed by atoms with Gasteiger partial charge in [-0.3, -0.25) is 0 Å². The van der Waals surface area contributed by atoms with Gasteiger partial charge >= 0.3 is 0 Å². The maximum absolute atomic E-state index is 11.3. The van der Waals surface area contributed by atoms with Crippen molar-refractivity contribution in [3.8, 4) is 0 Å². The fourth-order valence-corrected chi connectivity index (χ4v) is 2.11. The molecular formula is C10H12ClNO2S. The molecule has 0 heterocycles. The van der Waals surface area contributed by atoms with Crippen molar-refractivity contribution in [2.24, 2.45) is 0 Å². The van der Waals surface area contributed by atoms with Crippen LogP contribution in [0.5, 0.6) is 0 Å². The first kappa shape index (κ1) is 10.8. The number of halogens is 1. The largest absolute Gasteiger partial charge is 0.381 e. The van der Waals surface area contributed by atoms with Crippen molar-refractivity contribution in [2.75, 3.05) is 11.6 Å². The molecule has 0 radical (unpaired) electrons. The van der Waals surface area contributed by atoms with Gasteiger partial charge in [0.15, 0.2) is 9.84 Å². The van der Waals surface area contributed by atoms with E-state index in [1.54, 1.807) is 12.1 Å². The van der Waals surface area contributed by atoms with Crippen LogP contribution in [0.4, 0.5) is 5.69 Å². The van der Waals surface area contributed by atoms with Gasteiger partial charge in [-0.25, -0.2) is 8.42 Å². The summed E-state index contributed by atoms with van der Waals surface area (Å²) in [6.45, 7) is 0. The first-order chi connectivity index (χ1) is 6.97. The number of hydrogen-bond acceptors (Lipinski definition) is 3. The molecule has 1 aromatic rings. The fourth-order valence-electron chi connectivity index (χ4n) is 1.29. The number of nitrogens with one attached hydrogen (secondary N) is 1. The second-order valence-corrected chi connectivity index (χ2v) is 6.26. The van der Waals surface area contributed by atoms with Crippen molar-refractivity contribution < 1.29 is 8.42 Å². The number of sulfone groups is 1. The minimum Gasteiger partial charge on any atom is -0.381 e. The molecule has 0 bridgehead atoms. The molecule has 3 nitrogen and oxygen atoms in total. The first-order valence-electron chi connectivity index (χ1n) is 4.73. The Morgan fingerprint density at radius 3 is 2.60 bits per heavy atom. The molecule has 2 rings (SSSR count). The lowest BCUT2D eigenvalue weighted by atomic mass is 10.3. The smallest absolute Gasteiger partial charge is 0.175 e. The minimum absolute atomic E-state index is 0.301. The molecule has 0 aliphatic heterocycles. The van der Waals surface area contributed by atoms with Crippen molar-refractivity contribution in [1.29, 1.82) is 0 Å². The second-order valence-electron chi connectivity index (χ2n) is 3.83. The van der Waals surface area contributed by atoms with Crippen molar-refractivity contribution in [3.63, 3.8) is 0 Å². The Kier molecular flexibility index (Phi) is 2.64. The maximum atomic E-state index is 11.3. The molecule has 1 N–H and O–H groups in total. The van der Waals surface area contributed by atoms with Crippen LogP contribution in [-0.4, -0.2) is 20.7 Å². The molecular weight excluding hydrogens is 234 g/mol. The summed E-state index contributed by atoms with van der Waals surface area (Å²) in [5.74, 6) is 0. The van der Waals surface area contributed by atoms with E-state index in [1.807, 2.05) is 0 Å². The molecule has 0 amide bonds. The van der Waals surface area contributed by atoms with Crippen molar-refractivity contribution >= 4 is 27.1 Å². The molecule has 0 spiro atoms. The Balaban J connectivity index is 2.35. The Hall–Kier alpha value is -0.740. The van der Waals surface area contributed by atoms with Crippen LogP contribution in [0.2, 0.25) is 5.02 Å². The standard InChI is InChI=1S/C10H12ClNO2S/c1-15(13,14)8-4-5-9(11)10(6-8)12-7-2-3-7/h4-7,12H,2-3H2,1H3. The van der Waals surface area contributed by atoms with E-state index in [1.165, 1.54) is 12.3 Å². The van der Waals surface area contributed by atoms with E-state index in [-0.39, 0.29) is 0 Å². The van der Waals surface area contributed by atoms with Gasteiger partial charge in [-0.05, 0) is 31.0 Å². The van der Waals surface area contributed by atoms with E-state index < -0.39 is 9.84 Å². The van der Waals surface area contributed by atoms with E-state index in [0.29, 0.717) is 21.6 Å². The highest BCUT2D eigenvalue weighted by Gasteiger charge is 2.22. The molecule has 0 saturated heterocycles. The molecule has 1 aliphatic carbocycles. The van der Waals surface area contributed by atoms with Crippen LogP contribution in [0, 0.1) is 0 Å². The van der Waals surface area contributed by atoms with Gasteiger partial charge in [-0.1, -0.05) is 11.6 Å². The fraction of sp³-hybridized carbons (Fsp3) is 0.400. The summed E-state index contributed by atoms with van der Waals surface area (Å²) in [6, 6.07) is 5.19. The zero-order valence-electron chi connectivity index (χ0n) is 8.33. The summed E-state index contributed by atoms with van der Waals surface area (Å²) >= 11 is 5.96. The SMILES string of the molecule is CS(=O)(=O)c1ccc(Cl)c(NC2CC2)c1. The van der Waals surface area contributed by atoms with Crippen LogP contribution in [-0.2, 0) is 9.84 Å². The van der Waals surface area contributed by atoms with Gasteiger partial charge in [0.05, 0.1) is 15.6 Å². The summed E-state index contributed by atoms with van der Waals surface area (Å²) in [5.41, 5.74) is 0.710. The lowest BCUT2D eigenvalue weighted by molar-refractivity contribution is 0.602. The number of rotatable bonds is 3. The van der Waals surface area contributed by atoms with Crippen molar-refractivity contribution in [2.45, 2.75) is 23.8 Å². The summed E-state index contributed by atoms with van der Waals surface area (Å²) in [5, 5.41) is 3.76. The van der Waals surface area contributed by atoms with Gasteiger partial charge in [0.1, 0.15) is 0 Å². The number of anilines is 1. The Labute approximate surface area is 94.4 Å². The van der Waals surface area contributed by atoms with Gasteiger partial charge in [0.2, 0.25) is 0 Å². The molecule has 0 unspecified atom stereocenters. The van der Waals surface area contributed by atoms with E-state index in [4.69, 9.17) is 11.6 Å². The molecule has 1 aliphatic rings. The van der Waals surface area contributed by atoms with Gasteiger partial charge < -0.3 is 5.32 Å². The van der Waals surface area contributed by atoms with Crippen molar-refractivity contribution in [1.82, 2.24) is 0 Å². The predicted molar refractivity (Wildman–Crippen MR) is 61.2 cm³/mol. The third-order valence-corrected chi connectivity index (χ3v) is 3.74. The van der Waals surface area contributed by atoms with E-state index in [0.717, 1.165) is 12.8 Å². The summed E-state index contributed by atoms with van der Waals surface area (Å²) in [6.07, 6.45) is 3.44. The zero-order valence-corrected chi connectivity index (χ0v) is 9.90. The lowest BCUT2D eigenvalue weighted by Gasteiger charge is -2.08. The van der Waals surface area contributed by atoms with Gasteiger partial charge in [-0.2, -0.15) is 0 Å². The van der Waals surface area contributed by atoms with Crippen LogP contribution in [0.3, 0.4) is 0 Å². The van der Waals surface area contributed by atoms with Crippen LogP contribution in [0.25, 0.3) is 0 Å². The molecule has 0 aromatic heterocycles. The Morgan fingerprint density at radius 2 is 2.07 bits per heavy atom. The second kappa shape index (κ2) is 3.68. The molecule has 15 heavy (non-hydrogen) atoms. The van der Waals surface area contributed by atoms with Crippen LogP contribution >= 0.6 is 11.6 Å². The Morgan fingerprint density at radius 1 is 1.40 bits per heavy atom. The molecule has 1 aromatic carbocycles. The van der Waals surface area contributed by atoms with Gasteiger partial charge in [-0.15, -0.1) is 0 Å². The highest BCUT2D eigenvalue weighted by molar-refractivity contribution is 7.90. The highest BCUT2D eigenvalue weighted by Crippen LogP contribution is 2.30. The summed E-state index contributed by atoms with van der Waals surface area (Å²) in [7, 11) is -3.16. The van der Waals surface area contributed by atoms with E-state index >= 15 is 0 Å². The highest BCUT2D eigenvalue weighted by atomic mass is 35.5. The topological polar surface area (TPSA) is 46.2 Å². The summed E-state index contributed by atoms with van der Waals surface area (Å²) < 4.78 is 22.7. The number of hydrogen-bond donors (Lipinski definition) is 1. The first-order valence-corrected chi connectivity index (χ1v) is 7.00. The monoisotopic (exact) mass is 245 g/mol. The third kappa shape index (κ3) is 2.63. The van der Waals surface area contributed by atoms with Crippen LogP contribution in [0.1, 0.15) is 12.8 Å². The van der Waals surface area contributed by atoms with Gasteiger partial charge in [0.25, 0.3) is 0 Å². The normalized spacial score (nSPS) is 16.4. The summed E-state index contributed by atoms with van der Waals surface area (Å²) in [4.78, 5) is 0.301. The van der Waals surface area contributed by atoms with Gasteiger partial charge in [0, 0.05) is 12.3 Å². The maximum Gasteiger partial charge on any atom is 0.175 e. The average molecular weight is 246 g/mol. The van der Waals surface area contributed by atoms with E-state index in [9.17, 15) is 8.42 Å². The molecule has 1 fully saturated rings.